The third-order valence-corrected chi connectivity index (χ3v) is 10.6. The van der Waals surface area contributed by atoms with Crippen LogP contribution in [0.25, 0.3) is 0 Å². The van der Waals surface area contributed by atoms with Crippen molar-refractivity contribution in [1.29, 1.82) is 0 Å². The maximum Gasteiger partial charge on any atom is 0.220 e. The second-order valence-electron chi connectivity index (χ2n) is 15.6. The zero-order chi connectivity index (χ0) is 36.6. The first-order valence-electron chi connectivity index (χ1n) is 22.5. The van der Waals surface area contributed by atoms with Gasteiger partial charge in [-0.2, -0.15) is 0 Å². The first-order chi connectivity index (χ1) is 24.6. The maximum absolute atomic E-state index is 12.4. The van der Waals surface area contributed by atoms with Crippen molar-refractivity contribution in [1.82, 2.24) is 5.32 Å². The normalized spacial score (nSPS) is 13.6. The smallest absolute Gasteiger partial charge is 0.220 e. The van der Waals surface area contributed by atoms with Crippen LogP contribution in [0.15, 0.2) is 12.2 Å². The summed E-state index contributed by atoms with van der Waals surface area (Å²) in [6, 6.07) is -0.820. The number of aliphatic hydroxyl groups is 3. The molecule has 0 spiro atoms. The second kappa shape index (κ2) is 40.9. The van der Waals surface area contributed by atoms with Crippen LogP contribution >= 0.6 is 0 Å². The molecule has 0 fully saturated rings. The summed E-state index contributed by atoms with van der Waals surface area (Å²) in [6.45, 7) is 4.19. The Hall–Kier alpha value is -0.910. The Morgan fingerprint density at radius 1 is 0.480 bits per heavy atom. The molecule has 0 aliphatic heterocycles. The topological polar surface area (TPSA) is 89.8 Å². The molecular weight excluding hydrogens is 618 g/mol. The summed E-state index contributed by atoms with van der Waals surface area (Å²) in [5.41, 5.74) is 0. The van der Waals surface area contributed by atoms with Crippen LogP contribution in [0.2, 0.25) is 0 Å². The van der Waals surface area contributed by atoms with Crippen LogP contribution in [-0.4, -0.2) is 46.1 Å². The molecule has 0 aliphatic carbocycles. The van der Waals surface area contributed by atoms with E-state index < -0.39 is 18.2 Å². The summed E-state index contributed by atoms with van der Waals surface area (Å²) >= 11 is 0. The lowest BCUT2D eigenvalue weighted by Gasteiger charge is -2.26. The Morgan fingerprint density at radius 2 is 0.800 bits per heavy atom. The lowest BCUT2D eigenvalue weighted by Crippen LogP contribution is -2.50. The molecule has 5 heteroatoms. The number of aliphatic hydroxyl groups excluding tert-OH is 3. The van der Waals surface area contributed by atoms with Gasteiger partial charge in [-0.3, -0.25) is 4.79 Å². The maximum atomic E-state index is 12.4. The van der Waals surface area contributed by atoms with Crippen molar-refractivity contribution in [2.75, 3.05) is 6.61 Å². The molecule has 4 N–H and O–H groups in total. The van der Waals surface area contributed by atoms with E-state index in [0.717, 1.165) is 38.5 Å². The van der Waals surface area contributed by atoms with Gasteiger partial charge in [-0.05, 0) is 38.5 Å². The van der Waals surface area contributed by atoms with Crippen molar-refractivity contribution in [2.45, 2.75) is 263 Å². The largest absolute Gasteiger partial charge is 0.394 e. The van der Waals surface area contributed by atoms with Gasteiger partial charge in [-0.25, -0.2) is 0 Å². The molecular formula is C45H89NO4. The predicted molar refractivity (Wildman–Crippen MR) is 218 cm³/mol. The van der Waals surface area contributed by atoms with Crippen LogP contribution in [0.1, 0.15) is 245 Å². The van der Waals surface area contributed by atoms with Gasteiger partial charge in [0.05, 0.1) is 18.8 Å². The summed E-state index contributed by atoms with van der Waals surface area (Å²) < 4.78 is 0. The molecule has 0 heterocycles. The van der Waals surface area contributed by atoms with E-state index in [2.05, 4.69) is 31.3 Å². The van der Waals surface area contributed by atoms with Crippen molar-refractivity contribution in [3.05, 3.63) is 12.2 Å². The molecule has 298 valence electrons. The summed E-state index contributed by atoms with van der Waals surface area (Å²) in [7, 11) is 0. The van der Waals surface area contributed by atoms with Crippen LogP contribution in [0.4, 0.5) is 0 Å². The van der Waals surface area contributed by atoms with E-state index in [4.69, 9.17) is 0 Å². The standard InChI is InChI=1S/C45H89NO4/c1-3-5-7-9-11-13-15-17-19-21-22-24-25-27-29-31-33-35-37-39-43(48)45(50)42(41-47)46-44(49)40-38-36-34-32-30-28-26-23-20-18-16-14-12-10-8-6-4-2/h31,33,42-43,45,47-48,50H,3-30,32,34-41H2,1-2H3,(H,46,49)/b33-31+. The molecule has 0 saturated carbocycles. The van der Waals surface area contributed by atoms with E-state index in [0.29, 0.717) is 12.8 Å². The highest BCUT2D eigenvalue weighted by Crippen LogP contribution is 2.16. The molecule has 0 aromatic rings. The van der Waals surface area contributed by atoms with Crippen LogP contribution in [-0.2, 0) is 4.79 Å². The van der Waals surface area contributed by atoms with E-state index >= 15 is 0 Å². The van der Waals surface area contributed by atoms with Crippen molar-refractivity contribution < 1.29 is 20.1 Å². The van der Waals surface area contributed by atoms with Crippen molar-refractivity contribution in [2.24, 2.45) is 0 Å². The number of hydrogen-bond acceptors (Lipinski definition) is 4. The summed E-state index contributed by atoms with van der Waals surface area (Å²) in [5.74, 6) is -0.150. The summed E-state index contributed by atoms with van der Waals surface area (Å²) in [4.78, 5) is 12.4. The van der Waals surface area contributed by atoms with Crippen LogP contribution < -0.4 is 5.32 Å². The van der Waals surface area contributed by atoms with E-state index in [1.807, 2.05) is 0 Å². The number of unbranched alkanes of at least 4 members (excludes halogenated alkanes) is 31. The van der Waals surface area contributed by atoms with Gasteiger partial charge in [-0.1, -0.05) is 212 Å². The predicted octanol–water partition coefficient (Wildman–Crippen LogP) is 12.8. The summed E-state index contributed by atoms with van der Waals surface area (Å²) in [6.07, 6.45) is 47.5. The van der Waals surface area contributed by atoms with Gasteiger partial charge in [0.15, 0.2) is 0 Å². The molecule has 3 atom stereocenters. The quantitative estimate of drug-likeness (QED) is 0.0376. The highest BCUT2D eigenvalue weighted by atomic mass is 16.3. The van der Waals surface area contributed by atoms with Gasteiger partial charge < -0.3 is 20.6 Å². The monoisotopic (exact) mass is 708 g/mol. The van der Waals surface area contributed by atoms with Gasteiger partial charge in [-0.15, -0.1) is 0 Å². The molecule has 0 saturated heterocycles. The molecule has 0 aromatic heterocycles. The number of hydrogen-bond donors (Lipinski definition) is 4. The van der Waals surface area contributed by atoms with Gasteiger partial charge in [0.1, 0.15) is 6.10 Å². The zero-order valence-electron chi connectivity index (χ0n) is 33.8. The van der Waals surface area contributed by atoms with Crippen LogP contribution in [0.3, 0.4) is 0 Å². The lowest BCUT2D eigenvalue weighted by molar-refractivity contribution is -0.124. The third-order valence-electron chi connectivity index (χ3n) is 10.6. The first-order valence-corrected chi connectivity index (χ1v) is 22.5. The highest BCUT2D eigenvalue weighted by Gasteiger charge is 2.26. The van der Waals surface area contributed by atoms with Gasteiger partial charge in [0.2, 0.25) is 5.91 Å². The summed E-state index contributed by atoms with van der Waals surface area (Å²) in [5, 5.41) is 33.5. The Morgan fingerprint density at radius 3 is 1.16 bits per heavy atom. The average Bonchev–Trinajstić information content (AvgIpc) is 3.12. The Kier molecular flexibility index (Phi) is 40.1. The minimum Gasteiger partial charge on any atom is -0.394 e. The number of carbonyl (C=O) groups excluding carboxylic acids is 1. The molecule has 0 rings (SSSR count). The molecule has 0 radical (unpaired) electrons. The number of nitrogens with one attached hydrogen (secondary N) is 1. The minimum absolute atomic E-state index is 0.150. The number of amides is 1. The van der Waals surface area contributed by atoms with Gasteiger partial charge >= 0.3 is 0 Å². The molecule has 0 bridgehead atoms. The fourth-order valence-electron chi connectivity index (χ4n) is 7.10. The second-order valence-corrected chi connectivity index (χ2v) is 15.6. The van der Waals surface area contributed by atoms with Gasteiger partial charge in [0, 0.05) is 6.42 Å². The van der Waals surface area contributed by atoms with Gasteiger partial charge in [0.25, 0.3) is 0 Å². The SMILES string of the molecule is CCCCCCCCCCCCCCCC/C=C/CCCC(O)C(O)C(CO)NC(=O)CCCCCCCCCCCCCCCCCCC. The zero-order valence-corrected chi connectivity index (χ0v) is 33.8. The molecule has 1 amide bonds. The fraction of sp³-hybridized carbons (Fsp3) is 0.933. The Bertz CT molecular complexity index is 699. The fourth-order valence-corrected chi connectivity index (χ4v) is 7.10. The third kappa shape index (κ3) is 35.5. The van der Waals surface area contributed by atoms with E-state index in [1.165, 1.54) is 180 Å². The van der Waals surface area contributed by atoms with Crippen molar-refractivity contribution in [3.8, 4) is 0 Å². The molecule has 5 nitrogen and oxygen atoms in total. The minimum atomic E-state index is -1.15. The molecule has 3 unspecified atom stereocenters. The first kappa shape index (κ1) is 49.1. The number of rotatable bonds is 41. The van der Waals surface area contributed by atoms with E-state index in [-0.39, 0.29) is 12.5 Å². The lowest BCUT2D eigenvalue weighted by atomic mass is 10.0. The van der Waals surface area contributed by atoms with E-state index in [1.54, 1.807) is 0 Å². The molecule has 0 aromatic carbocycles. The Labute approximate surface area is 312 Å². The Balaban J connectivity index is 3.63. The van der Waals surface area contributed by atoms with E-state index in [9.17, 15) is 20.1 Å². The molecule has 50 heavy (non-hydrogen) atoms. The molecule has 0 aliphatic rings. The van der Waals surface area contributed by atoms with Crippen LogP contribution in [0.5, 0.6) is 0 Å². The van der Waals surface area contributed by atoms with Crippen molar-refractivity contribution >= 4 is 5.91 Å². The number of allylic oxidation sites excluding steroid dienone is 2. The number of carbonyl (C=O) groups is 1. The highest BCUT2D eigenvalue weighted by molar-refractivity contribution is 5.76. The van der Waals surface area contributed by atoms with Crippen molar-refractivity contribution in [3.63, 3.8) is 0 Å². The van der Waals surface area contributed by atoms with Crippen LogP contribution in [0, 0.1) is 0 Å². The average molecular weight is 708 g/mol.